The zero-order chi connectivity index (χ0) is 30.9. The van der Waals surface area contributed by atoms with Crippen molar-refractivity contribution in [2.75, 3.05) is 18.7 Å². The Bertz CT molecular complexity index is 1680. The molecule has 2 heterocycles. The molecule has 0 radical (unpaired) electrons. The molecule has 0 saturated heterocycles. The Morgan fingerprint density at radius 2 is 1.64 bits per heavy atom. The van der Waals surface area contributed by atoms with Crippen molar-refractivity contribution in [3.8, 4) is 28.6 Å². The fourth-order valence-electron chi connectivity index (χ4n) is 4.04. The van der Waals surface area contributed by atoms with E-state index in [0.717, 1.165) is 73.1 Å². The number of carbonyl (C=O) groups is 1. The zero-order valence-electron chi connectivity index (χ0n) is 21.7. The van der Waals surface area contributed by atoms with E-state index in [1.807, 2.05) is 0 Å². The van der Waals surface area contributed by atoms with E-state index in [-0.39, 0.29) is 22.1 Å². The van der Waals surface area contributed by atoms with Gasteiger partial charge in [-0.2, -0.15) is 26.6 Å². The van der Waals surface area contributed by atoms with Crippen molar-refractivity contribution in [3.63, 3.8) is 0 Å². The quantitative estimate of drug-likeness (QED) is 0.190. The van der Waals surface area contributed by atoms with Crippen molar-refractivity contribution in [2.24, 2.45) is 7.05 Å². The summed E-state index contributed by atoms with van der Waals surface area (Å²) in [4.78, 5) is 30.7. The largest absolute Gasteiger partial charge is 0.497 e. The van der Waals surface area contributed by atoms with E-state index in [0.29, 0.717) is 10.7 Å². The van der Waals surface area contributed by atoms with E-state index in [2.05, 4.69) is 15.0 Å². The maximum absolute atomic E-state index is 15.3. The summed E-state index contributed by atoms with van der Waals surface area (Å²) in [5, 5.41) is 2.28. The first kappa shape index (κ1) is 30.5. The fraction of sp³-hybridized carbons (Fsp3) is 0.192. The van der Waals surface area contributed by atoms with Gasteiger partial charge in [0.05, 0.1) is 17.7 Å². The second-order valence-corrected chi connectivity index (χ2v) is 9.24. The molecule has 0 aliphatic heterocycles. The third-order valence-corrected chi connectivity index (χ3v) is 6.55. The lowest BCUT2D eigenvalue weighted by Crippen LogP contribution is -2.26. The highest BCUT2D eigenvalue weighted by molar-refractivity contribution is 7.98. The van der Waals surface area contributed by atoms with Gasteiger partial charge in [0.15, 0.2) is 5.82 Å². The number of hydrogen-bond donors (Lipinski definition) is 1. The van der Waals surface area contributed by atoms with Gasteiger partial charge in [-0.05, 0) is 42.7 Å². The Kier molecular flexibility index (Phi) is 8.56. The number of alkyl halides is 5. The van der Waals surface area contributed by atoms with Crippen LogP contribution in [0, 0.1) is 11.6 Å². The van der Waals surface area contributed by atoms with Crippen LogP contribution in [0.5, 0.6) is 11.5 Å². The number of anilines is 1. The van der Waals surface area contributed by atoms with E-state index >= 15 is 8.78 Å². The molecule has 0 unspecified atom stereocenters. The van der Waals surface area contributed by atoms with Crippen LogP contribution in [-0.2, 0) is 13.2 Å². The van der Waals surface area contributed by atoms with Crippen LogP contribution in [0.15, 0.2) is 58.4 Å². The maximum atomic E-state index is 15.3. The molecule has 1 N–H and O–H groups in total. The van der Waals surface area contributed by atoms with E-state index in [9.17, 15) is 31.5 Å². The number of aromatic nitrogens is 3. The number of hydrogen-bond acceptors (Lipinski definition) is 6. The molecule has 16 heteroatoms. The number of halogens is 7. The van der Waals surface area contributed by atoms with E-state index in [1.54, 1.807) is 0 Å². The number of carbonyl (C=O) groups excluding carboxylic acids is 1. The van der Waals surface area contributed by atoms with Crippen molar-refractivity contribution in [3.05, 3.63) is 81.6 Å². The summed E-state index contributed by atoms with van der Waals surface area (Å²) in [7, 11) is 2.20. The average molecular weight is 617 g/mol. The number of nitrogens with zero attached hydrogens (tertiary/aromatic N) is 3. The fourth-order valence-corrected chi connectivity index (χ4v) is 4.42. The molecule has 8 nitrogen and oxygen atoms in total. The average Bonchev–Trinajstić information content (AvgIpc) is 3.15. The summed E-state index contributed by atoms with van der Waals surface area (Å²) in [6.45, 7) is -3.14. The van der Waals surface area contributed by atoms with Gasteiger partial charge >= 0.3 is 12.8 Å². The van der Waals surface area contributed by atoms with Crippen molar-refractivity contribution >= 4 is 23.4 Å². The minimum Gasteiger partial charge on any atom is -0.497 e. The second kappa shape index (κ2) is 11.8. The molecular formula is C26H19F7N4O4S. The highest BCUT2D eigenvalue weighted by Gasteiger charge is 2.37. The first-order chi connectivity index (χ1) is 19.8. The normalized spacial score (nSPS) is 11.6. The molecule has 1 amide bonds. The highest BCUT2D eigenvalue weighted by atomic mass is 32.2. The van der Waals surface area contributed by atoms with Crippen LogP contribution in [0.4, 0.5) is 36.4 Å². The number of thioether (sulfide) groups is 1. The first-order valence-electron chi connectivity index (χ1n) is 11.6. The van der Waals surface area contributed by atoms with Crippen LogP contribution in [0.25, 0.3) is 17.1 Å². The molecule has 0 aliphatic carbocycles. The maximum Gasteiger partial charge on any atom is 0.420 e. The van der Waals surface area contributed by atoms with E-state index < -0.39 is 64.2 Å². The molecule has 0 saturated carbocycles. The summed E-state index contributed by atoms with van der Waals surface area (Å²) in [5.74, 6) is -5.00. The Labute approximate surface area is 236 Å². The van der Waals surface area contributed by atoms with Crippen molar-refractivity contribution < 1.29 is 45.0 Å². The van der Waals surface area contributed by atoms with Crippen molar-refractivity contribution in [1.82, 2.24) is 14.3 Å². The molecule has 222 valence electrons. The number of amides is 1. The van der Waals surface area contributed by atoms with Crippen LogP contribution < -0.4 is 20.3 Å². The zero-order valence-corrected chi connectivity index (χ0v) is 22.5. The number of benzene rings is 2. The van der Waals surface area contributed by atoms with Crippen LogP contribution in [0.2, 0.25) is 0 Å². The van der Waals surface area contributed by atoms with E-state index in [4.69, 9.17) is 4.74 Å². The molecule has 2 aromatic carbocycles. The van der Waals surface area contributed by atoms with Crippen molar-refractivity contribution in [2.45, 2.75) is 17.8 Å². The molecule has 0 fully saturated rings. The van der Waals surface area contributed by atoms with Gasteiger partial charge < -0.3 is 14.8 Å². The molecule has 0 aliphatic rings. The number of ether oxygens (including phenoxy) is 2. The third kappa shape index (κ3) is 5.93. The van der Waals surface area contributed by atoms with Crippen LogP contribution in [0.1, 0.15) is 15.9 Å². The van der Waals surface area contributed by atoms with Crippen LogP contribution in [0.3, 0.4) is 0 Å². The summed E-state index contributed by atoms with van der Waals surface area (Å²) in [6, 6.07) is 7.52. The highest BCUT2D eigenvalue weighted by Crippen LogP contribution is 2.37. The van der Waals surface area contributed by atoms with Gasteiger partial charge in [0.25, 0.3) is 11.5 Å². The smallest absolute Gasteiger partial charge is 0.420 e. The van der Waals surface area contributed by atoms with Gasteiger partial charge in [-0.1, -0.05) is 0 Å². The number of methoxy groups -OCH3 is 1. The van der Waals surface area contributed by atoms with Gasteiger partial charge in [-0.15, -0.1) is 11.8 Å². The minimum absolute atomic E-state index is 0.0890. The molecule has 4 aromatic rings. The lowest BCUT2D eigenvalue weighted by molar-refractivity contribution is -0.137. The predicted octanol–water partition coefficient (Wildman–Crippen LogP) is 6.12. The molecular weight excluding hydrogens is 597 g/mol. The van der Waals surface area contributed by atoms with Crippen molar-refractivity contribution in [1.29, 1.82) is 0 Å². The lowest BCUT2D eigenvalue weighted by atomic mass is 10.1. The Morgan fingerprint density at radius 3 is 2.17 bits per heavy atom. The van der Waals surface area contributed by atoms with Gasteiger partial charge in [-0.3, -0.25) is 14.3 Å². The summed E-state index contributed by atoms with van der Waals surface area (Å²) < 4.78 is 108. The SMILES string of the molecule is COc1cc(F)c(-c2c(NC(=O)c3ccc(OC(F)F)cc3)c(=O)n(-c3nc(SC)ccc3C(F)(F)F)n2C)c(F)c1. The third-order valence-electron chi connectivity index (χ3n) is 5.90. The number of rotatable bonds is 8. The van der Waals surface area contributed by atoms with Crippen LogP contribution >= 0.6 is 11.8 Å². The topological polar surface area (TPSA) is 87.4 Å². The number of nitrogens with one attached hydrogen (secondary N) is 1. The predicted molar refractivity (Wildman–Crippen MR) is 139 cm³/mol. The summed E-state index contributed by atoms with van der Waals surface area (Å²) in [6.07, 6.45) is -3.46. The second-order valence-electron chi connectivity index (χ2n) is 8.41. The molecule has 0 spiro atoms. The molecule has 2 aromatic heterocycles. The monoisotopic (exact) mass is 616 g/mol. The van der Waals surface area contributed by atoms with Gasteiger partial charge in [0.2, 0.25) is 0 Å². The molecule has 0 bridgehead atoms. The summed E-state index contributed by atoms with van der Waals surface area (Å²) >= 11 is 0.974. The Hall–Kier alpha value is -4.47. The standard InChI is InChI=1S/C26H19F7N4O4S/c1-36-21(19-16(27)10-14(40-2)11-17(19)28)20(35-23(38)12-4-6-13(7-5-12)41-25(29)30)24(39)37(36)22-15(26(31,32)33)8-9-18(34-22)42-3/h4-11,25H,1-3H3,(H,35,38). The summed E-state index contributed by atoms with van der Waals surface area (Å²) in [5.41, 5.74) is -5.12. The Balaban J connectivity index is 1.97. The first-order valence-corrected chi connectivity index (χ1v) is 12.8. The molecule has 0 atom stereocenters. The minimum atomic E-state index is -4.99. The van der Waals surface area contributed by atoms with E-state index in [1.165, 1.54) is 6.26 Å². The van der Waals surface area contributed by atoms with Crippen LogP contribution in [-0.4, -0.2) is 40.2 Å². The Morgan fingerprint density at radius 1 is 1.02 bits per heavy atom. The van der Waals surface area contributed by atoms with Gasteiger partial charge in [0, 0.05) is 24.7 Å². The molecule has 4 rings (SSSR count). The molecule has 42 heavy (non-hydrogen) atoms. The number of pyridine rings is 1. The van der Waals surface area contributed by atoms with Gasteiger partial charge in [-0.25, -0.2) is 13.8 Å². The lowest BCUT2D eigenvalue weighted by Gasteiger charge is -2.16. The van der Waals surface area contributed by atoms with Gasteiger partial charge in [0.1, 0.15) is 40.1 Å².